The minimum atomic E-state index is -0.394. The summed E-state index contributed by atoms with van der Waals surface area (Å²) in [5, 5.41) is 15.9. The zero-order valence-electron chi connectivity index (χ0n) is 15.6. The average molecular weight is 382 g/mol. The van der Waals surface area contributed by atoms with Crippen molar-refractivity contribution < 1.29 is 4.79 Å². The van der Waals surface area contributed by atoms with Crippen LogP contribution in [0, 0.1) is 11.3 Å². The van der Waals surface area contributed by atoms with Crippen LogP contribution in [0.2, 0.25) is 5.02 Å². The molecule has 0 spiro atoms. The molecule has 1 unspecified atom stereocenters. The monoisotopic (exact) mass is 381 g/mol. The second-order valence-corrected chi connectivity index (χ2v) is 6.66. The Morgan fingerprint density at radius 2 is 1.93 bits per heavy atom. The Balaban J connectivity index is 1.89. The topological polar surface area (TPSA) is 64.9 Å². The summed E-state index contributed by atoms with van der Waals surface area (Å²) in [7, 11) is 0. The van der Waals surface area contributed by atoms with Gasteiger partial charge in [-0.2, -0.15) is 5.26 Å². The van der Waals surface area contributed by atoms with E-state index in [0.29, 0.717) is 18.0 Å². The number of halogens is 1. The number of carbonyl (C=O) groups excluding carboxylic acids is 1. The van der Waals surface area contributed by atoms with Gasteiger partial charge >= 0.3 is 0 Å². The molecule has 0 aliphatic heterocycles. The molecule has 0 radical (unpaired) electrons. The van der Waals surface area contributed by atoms with Gasteiger partial charge in [-0.25, -0.2) is 0 Å². The first-order valence-electron chi connectivity index (χ1n) is 9.02. The molecule has 140 valence electrons. The van der Waals surface area contributed by atoms with Crippen molar-refractivity contribution in [3.8, 4) is 6.07 Å². The predicted molar refractivity (Wildman–Crippen MR) is 109 cm³/mol. The zero-order chi connectivity index (χ0) is 19.6. The summed E-state index contributed by atoms with van der Waals surface area (Å²) >= 11 is 6.12. The van der Waals surface area contributed by atoms with Crippen molar-refractivity contribution in [1.82, 2.24) is 10.6 Å². The SMILES string of the molecule is CCc1ccc(C(C)NC(=O)/C(C#N)=C\NCCc2ccccc2Cl)cc1. The number of nitrogens with one attached hydrogen (secondary N) is 2. The van der Waals surface area contributed by atoms with Crippen molar-refractivity contribution >= 4 is 17.5 Å². The highest BCUT2D eigenvalue weighted by Crippen LogP contribution is 2.15. The Morgan fingerprint density at radius 1 is 1.22 bits per heavy atom. The lowest BCUT2D eigenvalue weighted by Crippen LogP contribution is -2.28. The molecule has 0 aliphatic rings. The number of rotatable bonds is 8. The fourth-order valence-electron chi connectivity index (χ4n) is 2.63. The first-order chi connectivity index (χ1) is 13.0. The minimum absolute atomic E-state index is 0.0474. The Morgan fingerprint density at radius 3 is 2.56 bits per heavy atom. The number of nitriles is 1. The van der Waals surface area contributed by atoms with Crippen LogP contribution in [-0.4, -0.2) is 12.5 Å². The van der Waals surface area contributed by atoms with E-state index in [4.69, 9.17) is 11.6 Å². The van der Waals surface area contributed by atoms with Crippen LogP contribution in [0.25, 0.3) is 0 Å². The fraction of sp³-hybridized carbons (Fsp3) is 0.273. The molecule has 0 aliphatic carbocycles. The van der Waals surface area contributed by atoms with Crippen molar-refractivity contribution in [3.05, 3.63) is 82.0 Å². The Bertz CT molecular complexity index is 837. The van der Waals surface area contributed by atoms with Crippen LogP contribution >= 0.6 is 11.6 Å². The molecular weight excluding hydrogens is 358 g/mol. The molecule has 27 heavy (non-hydrogen) atoms. The van der Waals surface area contributed by atoms with Crippen LogP contribution < -0.4 is 10.6 Å². The summed E-state index contributed by atoms with van der Waals surface area (Å²) in [5.41, 5.74) is 3.32. The van der Waals surface area contributed by atoms with E-state index >= 15 is 0 Å². The maximum atomic E-state index is 12.3. The summed E-state index contributed by atoms with van der Waals surface area (Å²) in [6.07, 6.45) is 3.14. The molecule has 0 saturated heterocycles. The second kappa shape index (κ2) is 10.4. The Hall–Kier alpha value is -2.77. The van der Waals surface area contributed by atoms with Gasteiger partial charge in [0.2, 0.25) is 0 Å². The van der Waals surface area contributed by atoms with Gasteiger partial charge in [0.15, 0.2) is 0 Å². The molecule has 1 amide bonds. The predicted octanol–water partition coefficient (Wildman–Crippen LogP) is 4.32. The quantitative estimate of drug-likeness (QED) is 0.406. The largest absolute Gasteiger partial charge is 0.389 e. The van der Waals surface area contributed by atoms with Crippen molar-refractivity contribution in [2.75, 3.05) is 6.54 Å². The molecule has 2 aromatic carbocycles. The van der Waals surface area contributed by atoms with Gasteiger partial charge in [0.1, 0.15) is 11.6 Å². The molecule has 0 bridgehead atoms. The number of amides is 1. The van der Waals surface area contributed by atoms with E-state index in [0.717, 1.165) is 17.5 Å². The molecule has 0 heterocycles. The van der Waals surface area contributed by atoms with Crippen LogP contribution in [0.4, 0.5) is 0 Å². The fourth-order valence-corrected chi connectivity index (χ4v) is 2.86. The van der Waals surface area contributed by atoms with Crippen LogP contribution in [0.15, 0.2) is 60.3 Å². The number of hydrogen-bond donors (Lipinski definition) is 2. The van der Waals surface area contributed by atoms with Gasteiger partial charge in [0, 0.05) is 17.8 Å². The maximum Gasteiger partial charge on any atom is 0.263 e. The van der Waals surface area contributed by atoms with Gasteiger partial charge < -0.3 is 10.6 Å². The highest BCUT2D eigenvalue weighted by molar-refractivity contribution is 6.31. The second-order valence-electron chi connectivity index (χ2n) is 6.26. The van der Waals surface area contributed by atoms with E-state index in [2.05, 4.69) is 29.7 Å². The van der Waals surface area contributed by atoms with Crippen molar-refractivity contribution in [2.24, 2.45) is 0 Å². The lowest BCUT2D eigenvalue weighted by molar-refractivity contribution is -0.117. The third-order valence-corrected chi connectivity index (χ3v) is 4.71. The maximum absolute atomic E-state index is 12.3. The van der Waals surface area contributed by atoms with Gasteiger partial charge in [-0.3, -0.25) is 4.79 Å². The summed E-state index contributed by atoms with van der Waals surface area (Å²) in [4.78, 5) is 12.3. The van der Waals surface area contributed by atoms with Crippen LogP contribution in [0.5, 0.6) is 0 Å². The van der Waals surface area contributed by atoms with Gasteiger partial charge in [-0.15, -0.1) is 0 Å². The standard InChI is InChI=1S/C22H24ClN3O/c1-3-17-8-10-18(11-9-17)16(2)26-22(27)20(14-24)15-25-13-12-19-6-4-5-7-21(19)23/h4-11,15-16,25H,3,12-13H2,1-2H3,(H,26,27)/b20-15-. The number of nitrogens with zero attached hydrogens (tertiary/aromatic N) is 1. The lowest BCUT2D eigenvalue weighted by atomic mass is 10.0. The van der Waals surface area contributed by atoms with Crippen molar-refractivity contribution in [3.63, 3.8) is 0 Å². The van der Waals surface area contributed by atoms with Gasteiger partial charge in [0.05, 0.1) is 6.04 Å². The van der Waals surface area contributed by atoms with E-state index in [9.17, 15) is 10.1 Å². The van der Waals surface area contributed by atoms with Crippen LogP contribution in [0.1, 0.15) is 36.6 Å². The molecule has 0 aromatic heterocycles. The van der Waals surface area contributed by atoms with Crippen LogP contribution in [-0.2, 0) is 17.6 Å². The Labute approximate surface area is 165 Å². The average Bonchev–Trinajstić information content (AvgIpc) is 2.69. The van der Waals surface area contributed by atoms with E-state index in [1.807, 2.05) is 49.4 Å². The Kier molecular flexibility index (Phi) is 7.91. The molecule has 1 atom stereocenters. The summed E-state index contributed by atoms with van der Waals surface area (Å²) in [6, 6.07) is 17.5. The van der Waals surface area contributed by atoms with Crippen molar-refractivity contribution in [2.45, 2.75) is 32.7 Å². The molecule has 0 fully saturated rings. The summed E-state index contributed by atoms with van der Waals surface area (Å²) < 4.78 is 0. The van der Waals surface area contributed by atoms with Crippen molar-refractivity contribution in [1.29, 1.82) is 5.26 Å². The molecular formula is C22H24ClN3O. The van der Waals surface area contributed by atoms with Gasteiger partial charge in [-0.1, -0.05) is 61.0 Å². The smallest absolute Gasteiger partial charge is 0.263 e. The van der Waals surface area contributed by atoms with E-state index in [1.54, 1.807) is 0 Å². The number of carbonyl (C=O) groups is 1. The van der Waals surface area contributed by atoms with Crippen LogP contribution in [0.3, 0.4) is 0 Å². The number of hydrogen-bond acceptors (Lipinski definition) is 3. The number of benzene rings is 2. The first kappa shape index (κ1) is 20.5. The summed E-state index contributed by atoms with van der Waals surface area (Å²) in [5.74, 6) is -0.394. The van der Waals surface area contributed by atoms with Gasteiger partial charge in [-0.05, 0) is 42.5 Å². The molecule has 5 heteroatoms. The molecule has 2 aromatic rings. The van der Waals surface area contributed by atoms with E-state index in [1.165, 1.54) is 11.8 Å². The van der Waals surface area contributed by atoms with Gasteiger partial charge in [0.25, 0.3) is 5.91 Å². The molecule has 2 N–H and O–H groups in total. The zero-order valence-corrected chi connectivity index (χ0v) is 16.4. The normalized spacial score (nSPS) is 12.1. The highest BCUT2D eigenvalue weighted by atomic mass is 35.5. The van der Waals surface area contributed by atoms with E-state index < -0.39 is 5.91 Å². The third-order valence-electron chi connectivity index (χ3n) is 4.34. The summed E-state index contributed by atoms with van der Waals surface area (Å²) in [6.45, 7) is 4.58. The molecule has 2 rings (SSSR count). The van der Waals surface area contributed by atoms with E-state index in [-0.39, 0.29) is 11.6 Å². The molecule has 0 saturated carbocycles. The minimum Gasteiger partial charge on any atom is -0.389 e. The first-order valence-corrected chi connectivity index (χ1v) is 9.39. The lowest BCUT2D eigenvalue weighted by Gasteiger charge is -2.14. The highest BCUT2D eigenvalue weighted by Gasteiger charge is 2.13. The number of aryl methyl sites for hydroxylation is 1. The molecule has 4 nitrogen and oxygen atoms in total. The third kappa shape index (κ3) is 6.16.